The molecule has 0 saturated carbocycles. The molecule has 58 heavy (non-hydrogen) atoms. The zero-order valence-corrected chi connectivity index (χ0v) is 30.8. The Morgan fingerprint density at radius 1 is 0.379 bits per heavy atom. The number of para-hydroxylation sites is 2. The maximum absolute atomic E-state index is 7.79. The van der Waals surface area contributed by atoms with Crippen molar-refractivity contribution >= 4 is 44.1 Å². The van der Waals surface area contributed by atoms with E-state index in [1.165, 1.54) is 12.1 Å². The van der Waals surface area contributed by atoms with Gasteiger partial charge >= 0.3 is 0 Å². The van der Waals surface area contributed by atoms with Crippen LogP contribution in [0.2, 0.25) is 0 Å². The van der Waals surface area contributed by atoms with Crippen molar-refractivity contribution in [2.75, 3.05) is 0 Å². The average molecular weight is 753 g/mol. The molecule has 0 amide bonds. The molecule has 0 spiro atoms. The summed E-state index contributed by atoms with van der Waals surface area (Å²) in [6.45, 7) is -4.68. The molecular formula is C52H34N4O2. The molecule has 6 aromatic heterocycles. The molecule has 0 atom stereocenters. The summed E-state index contributed by atoms with van der Waals surface area (Å²) in [5, 5.41) is 3.18. The summed E-state index contributed by atoms with van der Waals surface area (Å²) in [7, 11) is 0. The fraction of sp³-hybridized carbons (Fsp3) is 0.0385. The van der Waals surface area contributed by atoms with Crippen LogP contribution in [-0.4, -0.2) is 19.9 Å². The van der Waals surface area contributed by atoms with E-state index in [0.717, 1.165) is 88.6 Å². The first-order chi connectivity index (χ1) is 31.0. The van der Waals surface area contributed by atoms with E-state index in [0.29, 0.717) is 11.2 Å². The Balaban J connectivity index is 0.899. The number of pyridine rings is 4. The number of aryl methyl sites for hydroxylation is 2. The first-order valence-electron chi connectivity index (χ1n) is 21.9. The molecule has 0 fully saturated rings. The van der Waals surface area contributed by atoms with Crippen molar-refractivity contribution in [1.29, 1.82) is 0 Å². The minimum absolute atomic E-state index is 0.00920. The van der Waals surface area contributed by atoms with Crippen LogP contribution in [0.15, 0.2) is 179 Å². The van der Waals surface area contributed by atoms with Gasteiger partial charge in [-0.15, -0.1) is 0 Å². The minimum Gasteiger partial charge on any atom is -0.437 e. The van der Waals surface area contributed by atoms with E-state index in [2.05, 4.69) is 70.6 Å². The molecule has 0 bridgehead atoms. The number of hydrogen-bond acceptors (Lipinski definition) is 6. The van der Waals surface area contributed by atoms with E-state index in [9.17, 15) is 0 Å². The molecule has 5 aromatic carbocycles. The Labute approximate surface area is 342 Å². The molecule has 274 valence electrons. The highest BCUT2D eigenvalue weighted by Crippen LogP contribution is 2.40. The topological polar surface area (TPSA) is 77.8 Å². The van der Waals surface area contributed by atoms with Gasteiger partial charge in [0.25, 0.3) is 0 Å². The first kappa shape index (κ1) is 27.8. The summed E-state index contributed by atoms with van der Waals surface area (Å²) in [5.74, 6) is 0. The predicted octanol–water partition coefficient (Wildman–Crippen LogP) is 13.7. The second-order valence-corrected chi connectivity index (χ2v) is 14.2. The van der Waals surface area contributed by atoms with Crippen LogP contribution in [0.1, 0.15) is 19.6 Å². The zero-order chi connectivity index (χ0) is 43.7. The van der Waals surface area contributed by atoms with Crippen molar-refractivity contribution in [3.05, 3.63) is 182 Å². The second kappa shape index (κ2) is 13.5. The summed E-state index contributed by atoms with van der Waals surface area (Å²) < 4.78 is 59.1. The zero-order valence-electron chi connectivity index (χ0n) is 36.8. The number of aromatic nitrogens is 4. The number of nitrogens with zero attached hydrogens (tertiary/aromatic N) is 4. The van der Waals surface area contributed by atoms with Gasteiger partial charge in [-0.25, -0.2) is 9.97 Å². The van der Waals surface area contributed by atoms with Crippen LogP contribution in [0.4, 0.5) is 0 Å². The SMILES string of the molecule is [2H]C([2H])([2H])c1ccc2c(n1)oc1c(-c3ccc(-c4ccccc4-c4cccc(-c5ccccc5-c5ccc(-c6cccc7c6oc6nc(C([2H])([2H])[2H])ccc67)nc5)c4)cn3)cccc12. The van der Waals surface area contributed by atoms with Crippen LogP contribution in [0, 0.1) is 13.7 Å². The summed E-state index contributed by atoms with van der Waals surface area (Å²) >= 11 is 0. The molecule has 0 radical (unpaired) electrons. The lowest BCUT2D eigenvalue weighted by Crippen LogP contribution is -1.90. The Bertz CT molecular complexity index is 3360. The highest BCUT2D eigenvalue weighted by atomic mass is 16.3. The fourth-order valence-corrected chi connectivity index (χ4v) is 8.01. The standard InChI is InChI=1S/C52H34N4O2/c1-31-20-24-43-41-16-8-18-45(49(41)57-51(43)55-31)47-26-22-35(29-53-47)39-14-5-3-12-37(39)33-10-7-11-34(28-33)38-13-4-6-15-40(38)36-23-27-48(54-30-36)46-19-9-17-42-44-25-21-32(2)56-52(44)58-50(42)46/h3-30H,1-2H3/i1D3,2D3. The lowest BCUT2D eigenvalue weighted by atomic mass is 9.90. The van der Waals surface area contributed by atoms with Crippen LogP contribution >= 0.6 is 0 Å². The normalized spacial score (nSPS) is 13.6. The van der Waals surface area contributed by atoms with Crippen molar-refractivity contribution in [1.82, 2.24) is 19.9 Å². The van der Waals surface area contributed by atoms with Gasteiger partial charge in [-0.1, -0.05) is 103 Å². The van der Waals surface area contributed by atoms with E-state index >= 15 is 0 Å². The molecule has 6 nitrogen and oxygen atoms in total. The van der Waals surface area contributed by atoms with Crippen LogP contribution < -0.4 is 0 Å². The average Bonchev–Trinajstić information content (AvgIpc) is 3.89. The van der Waals surface area contributed by atoms with Gasteiger partial charge in [0.1, 0.15) is 11.2 Å². The lowest BCUT2D eigenvalue weighted by Gasteiger charge is -2.14. The highest BCUT2D eigenvalue weighted by molar-refractivity contribution is 6.09. The van der Waals surface area contributed by atoms with Crippen molar-refractivity contribution in [3.8, 4) is 67.0 Å². The van der Waals surface area contributed by atoms with Gasteiger partial charge < -0.3 is 8.83 Å². The van der Waals surface area contributed by atoms with Gasteiger partial charge in [0.05, 0.1) is 11.4 Å². The van der Waals surface area contributed by atoms with Gasteiger partial charge in [0.15, 0.2) is 0 Å². The van der Waals surface area contributed by atoms with E-state index in [4.69, 9.17) is 27.0 Å². The van der Waals surface area contributed by atoms with Gasteiger partial charge in [0, 0.05) is 75.8 Å². The van der Waals surface area contributed by atoms with E-state index in [1.807, 2.05) is 85.2 Å². The number of hydrogen-bond donors (Lipinski definition) is 0. The van der Waals surface area contributed by atoms with Crippen molar-refractivity contribution in [2.24, 2.45) is 0 Å². The van der Waals surface area contributed by atoms with Crippen LogP contribution in [-0.2, 0) is 0 Å². The highest BCUT2D eigenvalue weighted by Gasteiger charge is 2.17. The van der Waals surface area contributed by atoms with Crippen LogP contribution in [0.3, 0.4) is 0 Å². The molecular weight excluding hydrogens is 713 g/mol. The molecule has 11 rings (SSSR count). The smallest absolute Gasteiger partial charge is 0.227 e. The summed E-state index contributed by atoms with van der Waals surface area (Å²) in [6, 6.07) is 51.4. The van der Waals surface area contributed by atoms with Gasteiger partial charge in [-0.05, 0) is 102 Å². The second-order valence-electron chi connectivity index (χ2n) is 14.2. The number of rotatable bonds is 6. The molecule has 0 aliphatic rings. The molecule has 0 unspecified atom stereocenters. The summed E-state index contributed by atoms with van der Waals surface area (Å²) in [4.78, 5) is 18.5. The van der Waals surface area contributed by atoms with Crippen LogP contribution in [0.5, 0.6) is 0 Å². The molecule has 0 saturated heterocycles. The van der Waals surface area contributed by atoms with Gasteiger partial charge in [-0.3, -0.25) is 9.97 Å². The summed E-state index contributed by atoms with van der Waals surface area (Å²) in [5.41, 5.74) is 12.9. The Morgan fingerprint density at radius 2 is 0.810 bits per heavy atom. The van der Waals surface area contributed by atoms with Crippen molar-refractivity contribution in [3.63, 3.8) is 0 Å². The number of furan rings is 2. The third kappa shape index (κ3) is 5.65. The maximum atomic E-state index is 7.79. The molecule has 6 heteroatoms. The lowest BCUT2D eigenvalue weighted by molar-refractivity contribution is 0.653. The van der Waals surface area contributed by atoms with E-state index < -0.39 is 13.7 Å². The van der Waals surface area contributed by atoms with E-state index in [-0.39, 0.29) is 22.8 Å². The van der Waals surface area contributed by atoms with Gasteiger partial charge in [-0.2, -0.15) is 0 Å². The third-order valence-corrected chi connectivity index (χ3v) is 10.8. The largest absolute Gasteiger partial charge is 0.437 e. The van der Waals surface area contributed by atoms with Crippen LogP contribution in [0.25, 0.3) is 111 Å². The quantitative estimate of drug-likeness (QED) is 0.168. The van der Waals surface area contributed by atoms with Crippen molar-refractivity contribution < 1.29 is 17.1 Å². The minimum atomic E-state index is -2.34. The summed E-state index contributed by atoms with van der Waals surface area (Å²) in [6.07, 6.45) is 3.75. The third-order valence-electron chi connectivity index (χ3n) is 10.8. The molecule has 6 heterocycles. The molecule has 0 aliphatic carbocycles. The fourth-order valence-electron chi connectivity index (χ4n) is 8.01. The predicted molar refractivity (Wildman–Crippen MR) is 234 cm³/mol. The van der Waals surface area contributed by atoms with Crippen molar-refractivity contribution in [2.45, 2.75) is 13.7 Å². The first-order valence-corrected chi connectivity index (χ1v) is 18.9. The van der Waals surface area contributed by atoms with Gasteiger partial charge in [0.2, 0.25) is 11.4 Å². The Kier molecular flexibility index (Phi) is 6.47. The number of fused-ring (bicyclic) bond motifs is 6. The molecule has 0 aliphatic heterocycles. The Hall–Kier alpha value is -7.70. The van der Waals surface area contributed by atoms with E-state index in [1.54, 1.807) is 12.1 Å². The Morgan fingerprint density at radius 3 is 1.24 bits per heavy atom. The number of benzene rings is 5. The molecule has 0 N–H and O–H groups in total. The molecule has 11 aromatic rings. The monoisotopic (exact) mass is 752 g/mol. The maximum Gasteiger partial charge on any atom is 0.227 e.